The van der Waals surface area contributed by atoms with Crippen molar-refractivity contribution < 1.29 is 14.6 Å². The van der Waals surface area contributed by atoms with E-state index in [0.29, 0.717) is 12.2 Å². The summed E-state index contributed by atoms with van der Waals surface area (Å²) in [6, 6.07) is 20.2. The summed E-state index contributed by atoms with van der Waals surface area (Å²) >= 11 is 0. The number of amides is 1. The van der Waals surface area contributed by atoms with E-state index in [2.05, 4.69) is 10.6 Å². The minimum absolute atomic E-state index is 0.0320. The third-order valence-electron chi connectivity index (χ3n) is 4.17. The first-order valence-corrected chi connectivity index (χ1v) is 8.63. The van der Waals surface area contributed by atoms with Gasteiger partial charge in [-0.15, -0.1) is 0 Å². The highest BCUT2D eigenvalue weighted by Crippen LogP contribution is 2.21. The summed E-state index contributed by atoms with van der Waals surface area (Å²) in [6.07, 6.45) is 0. The van der Waals surface area contributed by atoms with Crippen LogP contribution in [-0.4, -0.2) is 18.1 Å². The van der Waals surface area contributed by atoms with E-state index in [-0.39, 0.29) is 17.2 Å². The average Bonchev–Trinajstić information content (AvgIpc) is 2.69. The topological polar surface area (TPSA) is 70.6 Å². The Morgan fingerprint density at radius 1 is 1.00 bits per heavy atom. The molecular weight excluding hydrogens is 340 g/mol. The van der Waals surface area contributed by atoms with Crippen LogP contribution in [0.5, 0.6) is 11.5 Å². The van der Waals surface area contributed by atoms with E-state index in [9.17, 15) is 9.90 Å². The van der Waals surface area contributed by atoms with Crippen molar-refractivity contribution in [3.05, 3.63) is 83.4 Å². The van der Waals surface area contributed by atoms with Gasteiger partial charge in [0.2, 0.25) is 0 Å². The number of phenols is 1. The third-order valence-corrected chi connectivity index (χ3v) is 4.17. The maximum Gasteiger partial charge on any atom is 0.259 e. The quantitative estimate of drug-likeness (QED) is 0.600. The fourth-order valence-electron chi connectivity index (χ4n) is 2.70. The first-order valence-electron chi connectivity index (χ1n) is 8.63. The van der Waals surface area contributed by atoms with Crippen LogP contribution >= 0.6 is 0 Å². The lowest BCUT2D eigenvalue weighted by atomic mass is 10.1. The van der Waals surface area contributed by atoms with Gasteiger partial charge in [0.15, 0.2) is 0 Å². The van der Waals surface area contributed by atoms with Gasteiger partial charge in [-0.25, -0.2) is 0 Å². The number of aryl methyl sites for hydroxylation is 1. The van der Waals surface area contributed by atoms with E-state index in [1.54, 1.807) is 19.2 Å². The molecule has 3 rings (SSSR count). The fourth-order valence-corrected chi connectivity index (χ4v) is 2.70. The molecule has 0 bridgehead atoms. The Balaban J connectivity index is 1.66. The van der Waals surface area contributed by atoms with Crippen molar-refractivity contribution in [2.75, 3.05) is 17.7 Å². The maximum atomic E-state index is 12.4. The molecule has 5 nitrogen and oxygen atoms in total. The van der Waals surface area contributed by atoms with E-state index >= 15 is 0 Å². The molecule has 0 saturated carbocycles. The van der Waals surface area contributed by atoms with Crippen LogP contribution in [0.3, 0.4) is 0 Å². The molecule has 3 aromatic rings. The summed E-state index contributed by atoms with van der Waals surface area (Å²) in [5.41, 5.74) is 3.86. The summed E-state index contributed by atoms with van der Waals surface area (Å²) < 4.78 is 5.15. The van der Waals surface area contributed by atoms with Gasteiger partial charge in [0.25, 0.3) is 5.91 Å². The number of rotatable bonds is 6. The largest absolute Gasteiger partial charge is 0.507 e. The molecule has 5 heteroatoms. The molecule has 0 atom stereocenters. The number of aromatic hydroxyl groups is 1. The van der Waals surface area contributed by atoms with Crippen molar-refractivity contribution in [2.45, 2.75) is 13.5 Å². The maximum absolute atomic E-state index is 12.4. The molecule has 0 unspecified atom stereocenters. The van der Waals surface area contributed by atoms with E-state index in [0.717, 1.165) is 22.6 Å². The molecule has 3 aromatic carbocycles. The normalized spacial score (nSPS) is 10.3. The molecule has 0 fully saturated rings. The van der Waals surface area contributed by atoms with E-state index in [1.807, 2.05) is 55.5 Å². The highest BCUT2D eigenvalue weighted by atomic mass is 16.5. The minimum atomic E-state index is -0.337. The molecule has 0 spiro atoms. The first kappa shape index (κ1) is 18.3. The van der Waals surface area contributed by atoms with Gasteiger partial charge in [-0.1, -0.05) is 23.8 Å². The summed E-state index contributed by atoms with van der Waals surface area (Å²) in [5.74, 6) is 0.441. The standard InChI is InChI=1S/C22H22N2O3/c1-15-6-11-21(25)20(12-15)22(26)24-18-5-3-4-16(13-18)14-23-17-7-9-19(27-2)10-8-17/h3-13,23,25H,14H2,1-2H3,(H,24,26). The predicted molar refractivity (Wildman–Crippen MR) is 108 cm³/mol. The van der Waals surface area contributed by atoms with Gasteiger partial charge in [0.1, 0.15) is 11.5 Å². The summed E-state index contributed by atoms with van der Waals surface area (Å²) in [5, 5.41) is 16.1. The van der Waals surface area contributed by atoms with Crippen LogP contribution in [0.2, 0.25) is 0 Å². The summed E-state index contributed by atoms with van der Waals surface area (Å²) in [6.45, 7) is 2.49. The number of nitrogens with one attached hydrogen (secondary N) is 2. The molecule has 0 aliphatic heterocycles. The monoisotopic (exact) mass is 362 g/mol. The van der Waals surface area contributed by atoms with Crippen LogP contribution in [-0.2, 0) is 6.54 Å². The van der Waals surface area contributed by atoms with Gasteiger partial charge in [0, 0.05) is 17.9 Å². The number of hydrogen-bond acceptors (Lipinski definition) is 4. The smallest absolute Gasteiger partial charge is 0.259 e. The second kappa shape index (κ2) is 8.27. The Labute approximate surface area is 158 Å². The highest BCUT2D eigenvalue weighted by molar-refractivity contribution is 6.06. The van der Waals surface area contributed by atoms with Gasteiger partial charge >= 0.3 is 0 Å². The molecular formula is C22H22N2O3. The number of ether oxygens (including phenoxy) is 1. The lowest BCUT2D eigenvalue weighted by molar-refractivity contribution is 0.102. The van der Waals surface area contributed by atoms with Crippen molar-refractivity contribution in [1.82, 2.24) is 0 Å². The molecule has 138 valence electrons. The minimum Gasteiger partial charge on any atom is -0.507 e. The number of anilines is 2. The van der Waals surface area contributed by atoms with E-state index < -0.39 is 0 Å². The zero-order chi connectivity index (χ0) is 19.2. The van der Waals surface area contributed by atoms with Crippen molar-refractivity contribution in [3.63, 3.8) is 0 Å². The fraction of sp³-hybridized carbons (Fsp3) is 0.136. The second-order valence-corrected chi connectivity index (χ2v) is 6.26. The number of phenolic OH excluding ortho intramolecular Hbond substituents is 1. The highest BCUT2D eigenvalue weighted by Gasteiger charge is 2.11. The molecule has 3 N–H and O–H groups in total. The summed E-state index contributed by atoms with van der Waals surface area (Å²) in [7, 11) is 1.64. The molecule has 0 radical (unpaired) electrons. The molecule has 0 saturated heterocycles. The van der Waals surface area contributed by atoms with Gasteiger partial charge in [-0.05, 0) is 61.0 Å². The predicted octanol–water partition coefficient (Wildman–Crippen LogP) is 4.57. The molecule has 0 aromatic heterocycles. The van der Waals surface area contributed by atoms with Gasteiger partial charge in [0.05, 0.1) is 12.7 Å². The number of methoxy groups -OCH3 is 1. The summed E-state index contributed by atoms with van der Waals surface area (Å²) in [4.78, 5) is 12.4. The van der Waals surface area contributed by atoms with E-state index in [1.165, 1.54) is 6.07 Å². The zero-order valence-corrected chi connectivity index (χ0v) is 15.3. The van der Waals surface area contributed by atoms with Crippen LogP contribution in [0.1, 0.15) is 21.5 Å². The SMILES string of the molecule is COc1ccc(NCc2cccc(NC(=O)c3cc(C)ccc3O)c2)cc1. The molecule has 0 aliphatic rings. The number of benzene rings is 3. The molecule has 0 heterocycles. The van der Waals surface area contributed by atoms with Crippen molar-refractivity contribution in [3.8, 4) is 11.5 Å². The van der Waals surface area contributed by atoms with Crippen molar-refractivity contribution >= 4 is 17.3 Å². The van der Waals surface area contributed by atoms with Crippen LogP contribution in [0.25, 0.3) is 0 Å². The van der Waals surface area contributed by atoms with Crippen LogP contribution in [0.4, 0.5) is 11.4 Å². The Bertz CT molecular complexity index is 937. The Kier molecular flexibility index (Phi) is 5.61. The van der Waals surface area contributed by atoms with Crippen molar-refractivity contribution in [2.24, 2.45) is 0 Å². The first-order chi connectivity index (χ1) is 13.0. The number of carbonyl (C=O) groups is 1. The van der Waals surface area contributed by atoms with Gasteiger partial charge in [-0.2, -0.15) is 0 Å². The lowest BCUT2D eigenvalue weighted by Crippen LogP contribution is -2.12. The zero-order valence-electron chi connectivity index (χ0n) is 15.3. The number of carbonyl (C=O) groups excluding carboxylic acids is 1. The average molecular weight is 362 g/mol. The van der Waals surface area contributed by atoms with Crippen LogP contribution < -0.4 is 15.4 Å². The van der Waals surface area contributed by atoms with Crippen LogP contribution in [0, 0.1) is 6.92 Å². The second-order valence-electron chi connectivity index (χ2n) is 6.26. The van der Waals surface area contributed by atoms with E-state index in [4.69, 9.17) is 4.74 Å². The molecule has 0 aliphatic carbocycles. The van der Waals surface area contributed by atoms with Gasteiger partial charge in [-0.3, -0.25) is 4.79 Å². The van der Waals surface area contributed by atoms with Crippen LogP contribution in [0.15, 0.2) is 66.7 Å². The Hall–Kier alpha value is -3.47. The Morgan fingerprint density at radius 2 is 1.78 bits per heavy atom. The number of hydrogen-bond donors (Lipinski definition) is 3. The molecule has 27 heavy (non-hydrogen) atoms. The van der Waals surface area contributed by atoms with Crippen molar-refractivity contribution in [1.29, 1.82) is 0 Å². The lowest BCUT2D eigenvalue weighted by Gasteiger charge is -2.11. The van der Waals surface area contributed by atoms with Gasteiger partial charge < -0.3 is 20.5 Å². The third kappa shape index (κ3) is 4.79. The Morgan fingerprint density at radius 3 is 2.52 bits per heavy atom. The molecule has 1 amide bonds.